The van der Waals surface area contributed by atoms with Crippen LogP contribution in [0.2, 0.25) is 0 Å². The molecule has 2 aromatic carbocycles. The average Bonchev–Trinajstić information content (AvgIpc) is 3.29. The second-order valence-corrected chi connectivity index (χ2v) is 11.4. The predicted molar refractivity (Wildman–Crippen MR) is 161 cm³/mol. The van der Waals surface area contributed by atoms with E-state index in [1.807, 2.05) is 76.2 Å². The van der Waals surface area contributed by atoms with Crippen LogP contribution >= 0.6 is 0 Å². The molecule has 4 atom stereocenters. The van der Waals surface area contributed by atoms with E-state index < -0.39 is 54.5 Å². The third-order valence-corrected chi connectivity index (χ3v) is 7.62. The molecule has 0 bridgehead atoms. The Morgan fingerprint density at radius 2 is 1.40 bits per heavy atom. The van der Waals surface area contributed by atoms with E-state index in [-0.39, 0.29) is 30.8 Å². The van der Waals surface area contributed by atoms with Crippen LogP contribution in [0.3, 0.4) is 0 Å². The van der Waals surface area contributed by atoms with Crippen LogP contribution in [0.15, 0.2) is 48.5 Å². The van der Waals surface area contributed by atoms with Gasteiger partial charge in [0.2, 0.25) is 17.7 Å². The summed E-state index contributed by atoms with van der Waals surface area (Å²) >= 11 is 0. The van der Waals surface area contributed by atoms with Crippen molar-refractivity contribution in [2.24, 2.45) is 11.8 Å². The highest BCUT2D eigenvalue weighted by Gasteiger charge is 2.33. The van der Waals surface area contributed by atoms with Gasteiger partial charge < -0.3 is 31.1 Å². The van der Waals surface area contributed by atoms with Crippen molar-refractivity contribution in [3.8, 4) is 11.1 Å². The Hall–Kier alpha value is -4.41. The zero-order valence-corrected chi connectivity index (χ0v) is 25.3. The number of aliphatic carboxylic acids is 1. The van der Waals surface area contributed by atoms with Crippen molar-refractivity contribution >= 4 is 29.8 Å². The highest BCUT2D eigenvalue weighted by molar-refractivity contribution is 5.94. The number of alkyl carbamates (subject to hydrolysis) is 1. The molecule has 4 amide bonds. The van der Waals surface area contributed by atoms with E-state index in [0.29, 0.717) is 6.42 Å². The third kappa shape index (κ3) is 8.79. The Kier molecular flexibility index (Phi) is 11.7. The van der Waals surface area contributed by atoms with Crippen molar-refractivity contribution in [3.05, 3.63) is 59.7 Å². The molecule has 232 valence electrons. The van der Waals surface area contributed by atoms with Crippen molar-refractivity contribution < 1.29 is 33.8 Å². The van der Waals surface area contributed by atoms with Crippen LogP contribution in [0.1, 0.15) is 64.5 Å². The standard InChI is InChI=1S/C32H42N4O7/c1-6-19(4)28(31(41)35-26(15-18(2)3)30(40)34-20(5)29(39)33-16-27(37)38)36-32(42)43-17-25-23-13-9-7-11-21(23)22-12-8-10-14-24(22)25/h7-14,18-20,25-26,28H,6,15-17H2,1-5H3,(H,33,39)(H,34,40)(H,35,41)(H,36,42)(H,37,38)/t19-,20-,26-,28-/m0/s1. The number of fused-ring (bicyclic) bond motifs is 3. The van der Waals surface area contributed by atoms with Crippen LogP contribution in [0.5, 0.6) is 0 Å². The number of benzene rings is 2. The van der Waals surface area contributed by atoms with Gasteiger partial charge in [0, 0.05) is 5.92 Å². The molecule has 0 unspecified atom stereocenters. The Morgan fingerprint density at radius 3 is 1.93 bits per heavy atom. The van der Waals surface area contributed by atoms with Gasteiger partial charge in [-0.25, -0.2) is 4.79 Å². The molecule has 0 heterocycles. The van der Waals surface area contributed by atoms with E-state index in [0.717, 1.165) is 22.3 Å². The first kappa shape index (κ1) is 33.1. The van der Waals surface area contributed by atoms with Crippen molar-refractivity contribution in [3.63, 3.8) is 0 Å². The highest BCUT2D eigenvalue weighted by Crippen LogP contribution is 2.44. The predicted octanol–water partition coefficient (Wildman–Crippen LogP) is 3.18. The zero-order chi connectivity index (χ0) is 31.7. The molecule has 0 spiro atoms. The van der Waals surface area contributed by atoms with E-state index in [9.17, 15) is 24.0 Å². The number of nitrogens with one attached hydrogen (secondary N) is 4. The number of carboxylic acid groups (broad SMARTS) is 1. The third-order valence-electron chi connectivity index (χ3n) is 7.62. The van der Waals surface area contributed by atoms with Gasteiger partial charge in [0.1, 0.15) is 31.3 Å². The van der Waals surface area contributed by atoms with Gasteiger partial charge in [-0.05, 0) is 47.4 Å². The zero-order valence-electron chi connectivity index (χ0n) is 25.3. The van der Waals surface area contributed by atoms with Gasteiger partial charge in [0.05, 0.1) is 0 Å². The highest BCUT2D eigenvalue weighted by atomic mass is 16.5. The van der Waals surface area contributed by atoms with Gasteiger partial charge in [0.25, 0.3) is 0 Å². The molecular formula is C32H42N4O7. The summed E-state index contributed by atoms with van der Waals surface area (Å²) in [5.74, 6) is -3.41. The summed E-state index contributed by atoms with van der Waals surface area (Å²) < 4.78 is 5.66. The molecule has 0 saturated heterocycles. The molecule has 0 saturated carbocycles. The fourth-order valence-electron chi connectivity index (χ4n) is 5.13. The quantitative estimate of drug-likeness (QED) is 0.224. The summed E-state index contributed by atoms with van der Waals surface area (Å²) in [6.07, 6.45) is 0.110. The number of carboxylic acids is 1. The minimum Gasteiger partial charge on any atom is -0.480 e. The fraction of sp³-hybridized carbons (Fsp3) is 0.469. The monoisotopic (exact) mass is 594 g/mol. The molecule has 0 fully saturated rings. The molecule has 11 nitrogen and oxygen atoms in total. The summed E-state index contributed by atoms with van der Waals surface area (Å²) in [5.41, 5.74) is 4.35. The minimum atomic E-state index is -1.21. The van der Waals surface area contributed by atoms with Crippen LogP contribution in [0.4, 0.5) is 4.79 Å². The largest absolute Gasteiger partial charge is 0.480 e. The van der Waals surface area contributed by atoms with Crippen LogP contribution in [-0.4, -0.2) is 66.2 Å². The number of rotatable bonds is 14. The first-order chi connectivity index (χ1) is 20.4. The van der Waals surface area contributed by atoms with Gasteiger partial charge in [0.15, 0.2) is 0 Å². The van der Waals surface area contributed by atoms with Crippen LogP contribution in [0.25, 0.3) is 11.1 Å². The summed E-state index contributed by atoms with van der Waals surface area (Å²) in [6.45, 7) is 8.41. The lowest BCUT2D eigenvalue weighted by Gasteiger charge is -2.27. The summed E-state index contributed by atoms with van der Waals surface area (Å²) in [4.78, 5) is 62.4. The van der Waals surface area contributed by atoms with Gasteiger partial charge in [-0.3, -0.25) is 19.2 Å². The number of hydrogen-bond acceptors (Lipinski definition) is 6. The van der Waals surface area contributed by atoms with E-state index in [4.69, 9.17) is 9.84 Å². The van der Waals surface area contributed by atoms with Crippen molar-refractivity contribution in [2.45, 2.75) is 71.5 Å². The van der Waals surface area contributed by atoms with Crippen LogP contribution in [0, 0.1) is 11.8 Å². The molecule has 0 aromatic heterocycles. The normalized spacial score (nSPS) is 14.8. The SMILES string of the molecule is CC[C@H](C)[C@H](NC(=O)OCC1c2ccccc2-c2ccccc21)C(=O)N[C@@H](CC(C)C)C(=O)N[C@@H](C)C(=O)NCC(=O)O. The molecule has 2 aromatic rings. The van der Waals surface area contributed by atoms with Gasteiger partial charge in [-0.15, -0.1) is 0 Å². The first-order valence-electron chi connectivity index (χ1n) is 14.6. The van der Waals surface area contributed by atoms with Gasteiger partial charge in [-0.2, -0.15) is 0 Å². The van der Waals surface area contributed by atoms with Crippen LogP contribution in [-0.2, 0) is 23.9 Å². The molecule has 1 aliphatic rings. The summed E-state index contributed by atoms with van der Waals surface area (Å²) in [7, 11) is 0. The average molecular weight is 595 g/mol. The summed E-state index contributed by atoms with van der Waals surface area (Å²) in [6, 6.07) is 13.0. The second-order valence-electron chi connectivity index (χ2n) is 11.4. The van der Waals surface area contributed by atoms with Crippen molar-refractivity contribution in [2.75, 3.05) is 13.2 Å². The van der Waals surface area contributed by atoms with E-state index in [1.165, 1.54) is 6.92 Å². The van der Waals surface area contributed by atoms with Gasteiger partial charge >= 0.3 is 12.1 Å². The topological polar surface area (TPSA) is 163 Å². The molecule has 3 rings (SSSR count). The van der Waals surface area contributed by atoms with Crippen molar-refractivity contribution in [1.82, 2.24) is 21.3 Å². The molecule has 0 aliphatic heterocycles. The Labute approximate surface area is 252 Å². The molecule has 0 radical (unpaired) electrons. The molecular weight excluding hydrogens is 552 g/mol. The van der Waals surface area contributed by atoms with Gasteiger partial charge in [-0.1, -0.05) is 82.6 Å². The number of hydrogen-bond donors (Lipinski definition) is 5. The fourth-order valence-corrected chi connectivity index (χ4v) is 5.13. The number of amides is 4. The van der Waals surface area contributed by atoms with E-state index in [2.05, 4.69) is 21.3 Å². The Balaban J connectivity index is 1.66. The number of carbonyl (C=O) groups is 5. The lowest BCUT2D eigenvalue weighted by Crippen LogP contribution is -2.57. The second kappa shape index (κ2) is 15.2. The maximum atomic E-state index is 13.5. The van der Waals surface area contributed by atoms with Crippen molar-refractivity contribution in [1.29, 1.82) is 0 Å². The van der Waals surface area contributed by atoms with E-state index in [1.54, 1.807) is 0 Å². The minimum absolute atomic E-state index is 0.0179. The lowest BCUT2D eigenvalue weighted by atomic mass is 9.97. The lowest BCUT2D eigenvalue weighted by molar-refractivity contribution is -0.138. The Bertz CT molecular complexity index is 1280. The molecule has 43 heavy (non-hydrogen) atoms. The molecule has 11 heteroatoms. The maximum absolute atomic E-state index is 13.5. The van der Waals surface area contributed by atoms with Crippen LogP contribution < -0.4 is 21.3 Å². The molecule has 1 aliphatic carbocycles. The molecule has 5 N–H and O–H groups in total. The summed E-state index contributed by atoms with van der Waals surface area (Å²) in [5, 5.41) is 19.0. The number of ether oxygens (including phenoxy) is 1. The number of carbonyl (C=O) groups excluding carboxylic acids is 4. The van der Waals surface area contributed by atoms with E-state index >= 15 is 0 Å². The Morgan fingerprint density at radius 1 is 0.814 bits per heavy atom. The maximum Gasteiger partial charge on any atom is 0.407 e. The first-order valence-corrected chi connectivity index (χ1v) is 14.6. The smallest absolute Gasteiger partial charge is 0.407 e.